The zero-order valence-electron chi connectivity index (χ0n) is 19.8. The molecule has 0 spiro atoms. The van der Waals surface area contributed by atoms with E-state index in [1.807, 2.05) is 13.8 Å². The zero-order valence-corrected chi connectivity index (χ0v) is 23.3. The topological polar surface area (TPSA) is 117 Å². The van der Waals surface area contributed by atoms with Crippen molar-refractivity contribution in [3.63, 3.8) is 0 Å². The zero-order chi connectivity index (χ0) is 24.4. The number of alkyl halides is 1. The van der Waals surface area contributed by atoms with Gasteiger partial charge in [-0.2, -0.15) is 18.5 Å². The Balaban J connectivity index is 0.00000289. The van der Waals surface area contributed by atoms with Crippen LogP contribution in [0.15, 0.2) is 23.3 Å². The van der Waals surface area contributed by atoms with Crippen LogP contribution in [0.3, 0.4) is 0 Å². The quantitative estimate of drug-likeness (QED) is 0.405. The van der Waals surface area contributed by atoms with Gasteiger partial charge in [0.2, 0.25) is 11.6 Å². The van der Waals surface area contributed by atoms with E-state index in [1.54, 1.807) is 11.4 Å². The number of ether oxygens (including phenoxy) is 1. The van der Waals surface area contributed by atoms with Crippen molar-refractivity contribution < 1.29 is 18.2 Å². The number of rotatable bonds is 5. The molecule has 0 amide bonds. The highest BCUT2D eigenvalue weighted by molar-refractivity contribution is 8.68. The third-order valence-electron chi connectivity index (χ3n) is 7.09. The minimum atomic E-state index is -2.82. The molecular weight excluding hydrogens is 532 g/mol. The largest absolute Gasteiger partial charge is 0.369 e. The summed E-state index contributed by atoms with van der Waals surface area (Å²) in [5.74, 6) is 0.317. The first-order valence-electron chi connectivity index (χ1n) is 11.4. The number of halogens is 1. The fourth-order valence-corrected chi connectivity index (χ4v) is 12.6. The Kier molecular flexibility index (Phi) is 7.54. The van der Waals surface area contributed by atoms with Gasteiger partial charge in [0.15, 0.2) is 23.6 Å². The SMILES string of the molecule is C=C(C)[C@@H]1CC[C@]2(C)S[P@@](=S)(O[C@H]3[C@@H](F)[C@H](n4cnc5c(=O)[nH]c(N)nc54)O[C@@H]3CC)O[C@H]2C1.S. The first-order valence-corrected chi connectivity index (χ1v) is 15.4. The summed E-state index contributed by atoms with van der Waals surface area (Å²) in [6.07, 6.45) is 0.550. The van der Waals surface area contributed by atoms with Crippen LogP contribution in [0.2, 0.25) is 0 Å². The molecule has 1 aliphatic carbocycles. The van der Waals surface area contributed by atoms with Crippen LogP contribution in [0, 0.1) is 5.92 Å². The van der Waals surface area contributed by atoms with E-state index in [2.05, 4.69) is 28.5 Å². The van der Waals surface area contributed by atoms with Crippen LogP contribution in [-0.2, 0) is 25.6 Å². The normalized spacial score (nSPS) is 38.9. The van der Waals surface area contributed by atoms with Gasteiger partial charge < -0.3 is 19.5 Å². The summed E-state index contributed by atoms with van der Waals surface area (Å²) < 4.78 is 35.9. The number of imidazole rings is 1. The lowest BCUT2D eigenvalue weighted by molar-refractivity contribution is -0.0224. The highest BCUT2D eigenvalue weighted by Crippen LogP contribution is 2.76. The summed E-state index contributed by atoms with van der Waals surface area (Å²) in [6.45, 7) is 10.2. The molecule has 9 nitrogen and oxygen atoms in total. The number of anilines is 1. The molecule has 3 N–H and O–H groups in total. The van der Waals surface area contributed by atoms with Crippen molar-refractivity contribution in [1.82, 2.24) is 19.5 Å². The van der Waals surface area contributed by atoms with E-state index < -0.39 is 35.9 Å². The van der Waals surface area contributed by atoms with Crippen molar-refractivity contribution in [3.05, 3.63) is 28.8 Å². The Hall–Kier alpha value is -0.950. The lowest BCUT2D eigenvalue weighted by atomic mass is 9.77. The Morgan fingerprint density at radius 1 is 1.57 bits per heavy atom. The minimum Gasteiger partial charge on any atom is -0.369 e. The molecular formula is C21H31FN5O4PS3. The number of aromatic nitrogens is 4. The summed E-state index contributed by atoms with van der Waals surface area (Å²) in [5.41, 5.74) is 3.75. The maximum absolute atomic E-state index is 15.9. The number of H-pyrrole nitrogens is 1. The molecule has 0 unspecified atom stereocenters. The van der Waals surface area contributed by atoms with Crippen LogP contribution < -0.4 is 11.3 Å². The number of nitrogens with two attached hydrogens (primary N) is 1. The van der Waals surface area contributed by atoms with E-state index in [-0.39, 0.29) is 41.5 Å². The lowest BCUT2D eigenvalue weighted by Crippen LogP contribution is -2.39. The molecule has 4 heterocycles. The second-order valence-corrected chi connectivity index (χ2v) is 16.1. The van der Waals surface area contributed by atoms with Gasteiger partial charge in [0.1, 0.15) is 6.10 Å². The Labute approximate surface area is 219 Å². The smallest absolute Gasteiger partial charge is 0.280 e. The molecule has 0 bridgehead atoms. The van der Waals surface area contributed by atoms with E-state index in [9.17, 15) is 4.79 Å². The van der Waals surface area contributed by atoms with Crippen molar-refractivity contribution >= 4 is 59.5 Å². The van der Waals surface area contributed by atoms with Gasteiger partial charge in [-0.25, -0.2) is 9.37 Å². The average molecular weight is 564 g/mol. The molecule has 2 aliphatic heterocycles. The van der Waals surface area contributed by atoms with E-state index in [0.29, 0.717) is 12.3 Å². The van der Waals surface area contributed by atoms with Crippen molar-refractivity contribution in [2.45, 2.75) is 81.9 Å². The number of hydrogen-bond acceptors (Lipinski definition) is 9. The monoisotopic (exact) mass is 563 g/mol. The maximum atomic E-state index is 15.9. The molecule has 5 rings (SSSR count). The van der Waals surface area contributed by atoms with Gasteiger partial charge in [-0.05, 0) is 57.3 Å². The van der Waals surface area contributed by atoms with Crippen molar-refractivity contribution in [2.75, 3.05) is 5.73 Å². The first-order chi connectivity index (χ1) is 16.0. The van der Waals surface area contributed by atoms with Crippen LogP contribution in [0.1, 0.15) is 52.7 Å². The van der Waals surface area contributed by atoms with Gasteiger partial charge in [0.05, 0.1) is 18.5 Å². The van der Waals surface area contributed by atoms with Crippen LogP contribution in [0.5, 0.6) is 0 Å². The third-order valence-corrected chi connectivity index (χ3v) is 12.8. The molecule has 2 aromatic heterocycles. The second-order valence-electron chi connectivity index (χ2n) is 9.53. The molecule has 194 valence electrons. The molecule has 35 heavy (non-hydrogen) atoms. The van der Waals surface area contributed by atoms with E-state index >= 15 is 4.39 Å². The van der Waals surface area contributed by atoms with E-state index in [4.69, 9.17) is 31.3 Å². The van der Waals surface area contributed by atoms with Crippen LogP contribution >= 0.6 is 30.6 Å². The molecule has 2 saturated heterocycles. The summed E-state index contributed by atoms with van der Waals surface area (Å²) in [5, 5.41) is 0. The van der Waals surface area contributed by atoms with Crippen molar-refractivity contribution in [1.29, 1.82) is 0 Å². The van der Waals surface area contributed by atoms with Gasteiger partial charge in [-0.15, -0.1) is 0 Å². The van der Waals surface area contributed by atoms with E-state index in [0.717, 1.165) is 24.8 Å². The van der Waals surface area contributed by atoms with Gasteiger partial charge in [-0.3, -0.25) is 14.3 Å². The summed E-state index contributed by atoms with van der Waals surface area (Å²) in [4.78, 5) is 22.7. The number of allylic oxidation sites excluding steroid dienone is 1. The van der Waals surface area contributed by atoms with Gasteiger partial charge in [-0.1, -0.05) is 30.5 Å². The highest BCUT2D eigenvalue weighted by atomic mass is 32.9. The Morgan fingerprint density at radius 2 is 2.31 bits per heavy atom. The van der Waals surface area contributed by atoms with Crippen LogP contribution in [-0.4, -0.2) is 48.7 Å². The van der Waals surface area contributed by atoms with Gasteiger partial charge in [0, 0.05) is 4.75 Å². The summed E-state index contributed by atoms with van der Waals surface area (Å²) in [6, 6.07) is 0. The molecule has 0 aromatic carbocycles. The number of nitrogens with zero attached hydrogens (tertiary/aromatic N) is 3. The number of hydrogen-bond donors (Lipinski definition) is 2. The van der Waals surface area contributed by atoms with Crippen LogP contribution in [0.4, 0.5) is 10.3 Å². The molecule has 3 aliphatic rings. The highest BCUT2D eigenvalue weighted by Gasteiger charge is 2.56. The number of aromatic amines is 1. The van der Waals surface area contributed by atoms with Crippen LogP contribution in [0.25, 0.3) is 11.2 Å². The summed E-state index contributed by atoms with van der Waals surface area (Å²) in [7, 11) is 0. The maximum Gasteiger partial charge on any atom is 0.280 e. The average Bonchev–Trinajstić information content (AvgIpc) is 3.39. The predicted octanol–water partition coefficient (Wildman–Crippen LogP) is 4.34. The molecule has 3 fully saturated rings. The molecule has 14 heteroatoms. The van der Waals surface area contributed by atoms with Gasteiger partial charge >= 0.3 is 0 Å². The predicted molar refractivity (Wildman–Crippen MR) is 144 cm³/mol. The number of nitrogens with one attached hydrogen (secondary N) is 1. The molecule has 2 aromatic rings. The summed E-state index contributed by atoms with van der Waals surface area (Å²) >= 11 is 7.45. The molecule has 1 saturated carbocycles. The fraction of sp³-hybridized carbons (Fsp3) is 0.667. The third kappa shape index (κ3) is 4.73. The second kappa shape index (κ2) is 9.74. The standard InChI is InChI=1S/C21H29FN5O4PS2.H2S/c1-5-12-16(31-32(33)30-13-8-11(10(2)3)6-7-21(13,4)34-32)14(22)19(29-12)27-9-24-15-17(27)25-20(23)26-18(15)28;/h9,11-14,16,19H,2,5-8H2,1,3-4H3,(H3,23,25,26,28);1H2/t11-,12-,13+,14-,16-,19-,21+,32-;/m1./s1. The molecule has 8 atom stereocenters. The molecule has 0 radical (unpaired) electrons. The van der Waals surface area contributed by atoms with Crippen molar-refractivity contribution in [3.8, 4) is 0 Å². The van der Waals surface area contributed by atoms with E-state index in [1.165, 1.54) is 10.9 Å². The Morgan fingerprint density at radius 3 is 3.00 bits per heavy atom. The number of fused-ring (bicyclic) bond motifs is 2. The minimum absolute atomic E-state index is 0. The fourth-order valence-electron chi connectivity index (χ4n) is 5.08. The van der Waals surface area contributed by atoms with Crippen molar-refractivity contribution in [2.24, 2.45) is 5.92 Å². The Bertz CT molecular complexity index is 1240. The number of nitrogen functional groups attached to an aromatic ring is 1. The van der Waals surface area contributed by atoms with Gasteiger partial charge in [0.25, 0.3) is 5.56 Å². The first kappa shape index (κ1) is 27.1. The lowest BCUT2D eigenvalue weighted by Gasteiger charge is -2.37.